The average Bonchev–Trinajstić information content (AvgIpc) is 0.988. The van der Waals surface area contributed by atoms with Gasteiger partial charge in [-0.1, -0.05) is 13.8 Å². The number of esters is 3. The van der Waals surface area contributed by atoms with Crippen LogP contribution < -0.4 is 58.9 Å². The Bertz CT molecular complexity index is 2850. The molecule has 30 nitrogen and oxygen atoms in total. The molecule has 3 aromatic rings. The number of rotatable bonds is 31. The van der Waals surface area contributed by atoms with Crippen LogP contribution in [0.5, 0.6) is 17.2 Å². The number of ether oxygens (including phenoxy) is 3. The third kappa shape index (κ3) is 30.7. The molecule has 0 aliphatic carbocycles. The van der Waals surface area contributed by atoms with E-state index in [4.69, 9.17) is 5.73 Å². The van der Waals surface area contributed by atoms with Gasteiger partial charge in [0.25, 0.3) is 0 Å². The highest BCUT2D eigenvalue weighted by Gasteiger charge is 2.27. The van der Waals surface area contributed by atoms with Crippen molar-refractivity contribution >= 4 is 94.0 Å². The van der Waals surface area contributed by atoms with Crippen molar-refractivity contribution in [1.82, 2.24) is 37.2 Å². The molecule has 0 saturated carbocycles. The Balaban J connectivity index is 0.000000676. The largest absolute Gasteiger partial charge is 0.507 e. The number of nitrogens with two attached hydrogens (primary N) is 1. The van der Waals surface area contributed by atoms with Gasteiger partial charge in [-0.2, -0.15) is 0 Å². The molecule has 30 heteroatoms. The first-order valence-electron chi connectivity index (χ1n) is 28.7. The number of unbranched alkanes of at least 4 members (excludes halogenated alkanes) is 3. The predicted octanol–water partition coefficient (Wildman–Crippen LogP) is 2.25. The van der Waals surface area contributed by atoms with Crippen LogP contribution in [0.2, 0.25) is 0 Å². The Labute approximate surface area is 522 Å². The molecule has 3 aromatic carbocycles. The van der Waals surface area contributed by atoms with Gasteiger partial charge in [0.05, 0.1) is 27.4 Å². The zero-order chi connectivity index (χ0) is 68.2. The standard InChI is InChI=1S/C21H30N4O7.C20H29N3O6.C19H28N4O6/c1-12(23-14(3)27)19(29)25-17(7-5-6-10-22-13(2)26)20(30)24-15-8-9-16(18(28)11-15)21(31)32-4;1-12(2)18(26)23-16(7-5-6-10-21-13(3)24)19(27)22-14-8-9-15(17(25)11-14)20(28)29-4;1-11(20)17(26)23-15(6-4-5-9-21-12(2)24)18(27)22-13-7-8-14(16(25)10-13)19(28)29-3/h8-9,11-12,17,28H,5-7,10H2,1-4H3,(H,22,26)(H,23,27)(H,24,30)(H,25,29);8-9,11-12,16,25H,5-7,10H2,1-4H3,(H,21,24)(H,22,27)(H,23,26);7-8,10-11,15,25H,4-6,9,20H2,1-3H3,(H,21,24)(H,22,27)(H,23,26)/t12-,17-;16-;11-,15-/m000/s1. The molecule has 3 rings (SSSR count). The molecule has 0 aliphatic heterocycles. The Morgan fingerprint density at radius 1 is 0.400 bits per heavy atom. The molecule has 0 aromatic heterocycles. The molecule has 0 fully saturated rings. The maximum absolute atomic E-state index is 12.8. The monoisotopic (exact) mass is 1270 g/mol. The normalized spacial score (nSPS) is 12.0. The Morgan fingerprint density at radius 3 is 0.933 bits per heavy atom. The summed E-state index contributed by atoms with van der Waals surface area (Å²) in [5.41, 5.74) is 6.19. The topological polar surface area (TPSA) is 457 Å². The molecule has 0 unspecified atom stereocenters. The number of carbonyl (C=O) groups excluding carboxylic acids is 13. The minimum absolute atomic E-state index is 0.0202. The Kier molecular flexibility index (Phi) is 35.9. The maximum Gasteiger partial charge on any atom is 0.341 e. The molecule has 5 atom stereocenters. The van der Waals surface area contributed by atoms with Gasteiger partial charge < -0.3 is 88.4 Å². The fourth-order valence-corrected chi connectivity index (χ4v) is 7.69. The molecular formula is C60H87N11O19. The fraction of sp³-hybridized carbons (Fsp3) is 0.483. The third-order valence-corrected chi connectivity index (χ3v) is 12.5. The van der Waals surface area contributed by atoms with Gasteiger partial charge in [-0.15, -0.1) is 0 Å². The number of carbonyl (C=O) groups is 13. The van der Waals surface area contributed by atoms with E-state index in [1.807, 2.05) is 0 Å². The lowest BCUT2D eigenvalue weighted by molar-refractivity contribution is -0.130. The summed E-state index contributed by atoms with van der Waals surface area (Å²) in [6, 6.07) is 7.73. The number of aromatic hydroxyl groups is 3. The van der Waals surface area contributed by atoms with Crippen molar-refractivity contribution in [2.24, 2.45) is 11.7 Å². The van der Waals surface area contributed by atoms with Crippen LogP contribution in [0, 0.1) is 5.92 Å². The van der Waals surface area contributed by atoms with Crippen LogP contribution >= 0.6 is 0 Å². The van der Waals surface area contributed by atoms with E-state index in [2.05, 4.69) is 67.4 Å². The summed E-state index contributed by atoms with van der Waals surface area (Å²) in [6.45, 7) is 13.4. The quantitative estimate of drug-likeness (QED) is 0.0249. The van der Waals surface area contributed by atoms with Gasteiger partial charge in [-0.25, -0.2) is 14.4 Å². The van der Waals surface area contributed by atoms with Crippen molar-refractivity contribution in [1.29, 1.82) is 0 Å². The average molecular weight is 1270 g/mol. The summed E-state index contributed by atoms with van der Waals surface area (Å²) < 4.78 is 13.7. The number of phenols is 3. The Hall–Kier alpha value is -9.87. The number of benzene rings is 3. The lowest BCUT2D eigenvalue weighted by Crippen LogP contribution is -2.51. The van der Waals surface area contributed by atoms with E-state index in [0.717, 1.165) is 0 Å². The van der Waals surface area contributed by atoms with E-state index in [9.17, 15) is 77.6 Å². The first-order chi connectivity index (χ1) is 42.3. The SMILES string of the molecule is COC(=O)c1ccc(NC(=O)[C@H](CCCCNC(C)=O)NC(=O)C(C)C)cc1O.COC(=O)c1ccc(NC(=O)[C@H](CCCCNC(C)=O)NC(=O)[C@H](C)N)cc1O.COC(=O)c1ccc(NC(=O)[C@H](CCCCNC(C)=O)NC(=O)[C@H](C)NC(C)=O)cc1O. The zero-order valence-electron chi connectivity index (χ0n) is 52.6. The van der Waals surface area contributed by atoms with E-state index >= 15 is 0 Å². The van der Waals surface area contributed by atoms with E-state index in [0.29, 0.717) is 71.0 Å². The van der Waals surface area contributed by atoms with Crippen molar-refractivity contribution in [3.63, 3.8) is 0 Å². The molecular weight excluding hydrogens is 1180 g/mol. The molecule has 0 spiro atoms. The predicted molar refractivity (Wildman–Crippen MR) is 329 cm³/mol. The Morgan fingerprint density at radius 2 is 0.689 bits per heavy atom. The van der Waals surface area contributed by atoms with Crippen LogP contribution in [0.25, 0.3) is 0 Å². The van der Waals surface area contributed by atoms with Crippen LogP contribution in [0.1, 0.15) is 144 Å². The second kappa shape index (κ2) is 41.3. The molecule has 90 heavy (non-hydrogen) atoms. The smallest absolute Gasteiger partial charge is 0.341 e. The first kappa shape index (κ1) is 78.1. The van der Waals surface area contributed by atoms with Gasteiger partial charge >= 0.3 is 17.9 Å². The first-order valence-corrected chi connectivity index (χ1v) is 28.7. The fourth-order valence-electron chi connectivity index (χ4n) is 7.69. The van der Waals surface area contributed by atoms with E-state index < -0.39 is 77.7 Å². The number of phenolic OH excluding ortho intramolecular Hbond substituents is 3. The second-order valence-corrected chi connectivity index (χ2v) is 20.6. The van der Waals surface area contributed by atoms with Crippen LogP contribution in [-0.2, 0) is 62.2 Å². The lowest BCUT2D eigenvalue weighted by atomic mass is 10.1. The highest BCUT2D eigenvalue weighted by molar-refractivity contribution is 6.02. The molecule has 10 amide bonds. The molecule has 0 heterocycles. The van der Waals surface area contributed by atoms with Crippen molar-refractivity contribution in [3.8, 4) is 17.2 Å². The van der Waals surface area contributed by atoms with Gasteiger partial charge in [0.15, 0.2) is 0 Å². The number of hydrogen-bond acceptors (Lipinski definition) is 20. The number of methoxy groups -OCH3 is 3. The van der Waals surface area contributed by atoms with E-state index in [1.54, 1.807) is 13.8 Å². The van der Waals surface area contributed by atoms with Gasteiger partial charge in [-0.3, -0.25) is 47.9 Å². The molecule has 0 bridgehead atoms. The van der Waals surface area contributed by atoms with Crippen molar-refractivity contribution in [2.75, 3.05) is 56.9 Å². The van der Waals surface area contributed by atoms with Crippen LogP contribution in [0.3, 0.4) is 0 Å². The summed E-state index contributed by atoms with van der Waals surface area (Å²) in [4.78, 5) is 153. The summed E-state index contributed by atoms with van der Waals surface area (Å²) in [5, 5.41) is 56.1. The van der Waals surface area contributed by atoms with Crippen molar-refractivity contribution in [2.45, 2.75) is 143 Å². The van der Waals surface area contributed by atoms with Gasteiger partial charge in [0, 0.05) is 88.5 Å². The van der Waals surface area contributed by atoms with Crippen molar-refractivity contribution < 1.29 is 91.9 Å². The van der Waals surface area contributed by atoms with Crippen LogP contribution in [0.15, 0.2) is 54.6 Å². The number of anilines is 3. The van der Waals surface area contributed by atoms with Gasteiger partial charge in [0.2, 0.25) is 59.1 Å². The molecule has 15 N–H and O–H groups in total. The molecule has 0 radical (unpaired) electrons. The minimum Gasteiger partial charge on any atom is -0.507 e. The number of nitrogens with one attached hydrogen (secondary N) is 10. The highest BCUT2D eigenvalue weighted by atomic mass is 16.5. The third-order valence-electron chi connectivity index (χ3n) is 12.5. The molecule has 496 valence electrons. The molecule has 0 aliphatic rings. The highest BCUT2D eigenvalue weighted by Crippen LogP contribution is 2.26. The summed E-state index contributed by atoms with van der Waals surface area (Å²) in [5.74, 6) is -7.01. The number of amides is 10. The molecule has 0 saturated heterocycles. The van der Waals surface area contributed by atoms with Crippen molar-refractivity contribution in [3.05, 3.63) is 71.3 Å². The second-order valence-electron chi connectivity index (χ2n) is 20.6. The van der Waals surface area contributed by atoms with Crippen LogP contribution in [0.4, 0.5) is 17.1 Å². The van der Waals surface area contributed by atoms with Gasteiger partial charge in [0.1, 0.15) is 58.1 Å². The summed E-state index contributed by atoms with van der Waals surface area (Å²) >= 11 is 0. The van der Waals surface area contributed by atoms with E-state index in [1.165, 1.54) is 117 Å². The van der Waals surface area contributed by atoms with Crippen LogP contribution in [-0.4, -0.2) is 163 Å². The minimum atomic E-state index is -0.932. The number of hydrogen-bond donors (Lipinski definition) is 14. The zero-order valence-corrected chi connectivity index (χ0v) is 52.6. The summed E-state index contributed by atoms with van der Waals surface area (Å²) in [7, 11) is 3.57. The summed E-state index contributed by atoms with van der Waals surface area (Å²) in [6.07, 6.45) is 4.59. The maximum atomic E-state index is 12.8. The van der Waals surface area contributed by atoms with Gasteiger partial charge in [-0.05, 0) is 108 Å². The lowest BCUT2D eigenvalue weighted by Gasteiger charge is -2.21. The van der Waals surface area contributed by atoms with E-state index in [-0.39, 0.29) is 92.9 Å².